The van der Waals surface area contributed by atoms with Gasteiger partial charge in [-0.3, -0.25) is 4.79 Å². The monoisotopic (exact) mass is 334 g/mol. The van der Waals surface area contributed by atoms with Crippen LogP contribution in [0, 0.1) is 0 Å². The maximum Gasteiger partial charge on any atom is 0.224 e. The Morgan fingerprint density at radius 2 is 2.17 bits per heavy atom. The lowest BCUT2D eigenvalue weighted by Gasteiger charge is -2.28. The summed E-state index contributed by atoms with van der Waals surface area (Å²) in [6.07, 6.45) is 6.05. The largest absolute Gasteiger partial charge is 0.353 e. The highest BCUT2D eigenvalue weighted by Gasteiger charge is 2.20. The van der Waals surface area contributed by atoms with E-state index in [0.29, 0.717) is 12.5 Å². The Kier molecular flexibility index (Phi) is 6.19. The van der Waals surface area contributed by atoms with E-state index < -0.39 is 0 Å². The van der Waals surface area contributed by atoms with Crippen molar-refractivity contribution in [1.29, 1.82) is 0 Å². The summed E-state index contributed by atoms with van der Waals surface area (Å²) < 4.78 is 1.80. The van der Waals surface area contributed by atoms with Crippen LogP contribution in [0.2, 0.25) is 0 Å². The summed E-state index contributed by atoms with van der Waals surface area (Å²) >= 11 is 0. The van der Waals surface area contributed by atoms with Crippen molar-refractivity contribution >= 4 is 18.3 Å². The second kappa shape index (κ2) is 8.13. The molecule has 1 aliphatic heterocycles. The topological polar surface area (TPSA) is 59.0 Å². The predicted molar refractivity (Wildman–Crippen MR) is 93.1 cm³/mol. The molecule has 0 bridgehead atoms. The van der Waals surface area contributed by atoms with Gasteiger partial charge in [-0.05, 0) is 44.0 Å². The number of piperidine rings is 1. The highest BCUT2D eigenvalue weighted by Crippen LogP contribution is 2.10. The average Bonchev–Trinajstić information content (AvgIpc) is 2.96. The van der Waals surface area contributed by atoms with Gasteiger partial charge in [0.15, 0.2) is 0 Å². The number of rotatable bonds is 4. The number of nitrogens with zero attached hydrogens (tertiary/aromatic N) is 2. The van der Waals surface area contributed by atoms with Crippen molar-refractivity contribution < 1.29 is 4.79 Å². The van der Waals surface area contributed by atoms with Crippen LogP contribution in [0.3, 0.4) is 0 Å². The van der Waals surface area contributed by atoms with Crippen LogP contribution < -0.4 is 10.6 Å². The number of carbonyl (C=O) groups is 1. The van der Waals surface area contributed by atoms with Gasteiger partial charge in [0.25, 0.3) is 0 Å². The zero-order valence-electron chi connectivity index (χ0n) is 13.2. The normalized spacial score (nSPS) is 20.6. The van der Waals surface area contributed by atoms with E-state index in [0.717, 1.165) is 30.6 Å². The molecule has 1 aromatic heterocycles. The molecule has 2 N–H and O–H groups in total. The van der Waals surface area contributed by atoms with E-state index >= 15 is 0 Å². The maximum absolute atomic E-state index is 12.2. The Morgan fingerprint density at radius 1 is 1.39 bits per heavy atom. The molecule has 6 heteroatoms. The third-order valence-electron chi connectivity index (χ3n) is 4.01. The summed E-state index contributed by atoms with van der Waals surface area (Å²) in [4.78, 5) is 12.2. The Labute approximate surface area is 142 Å². The van der Waals surface area contributed by atoms with Gasteiger partial charge in [0, 0.05) is 18.3 Å². The van der Waals surface area contributed by atoms with Crippen molar-refractivity contribution in [3.05, 3.63) is 48.3 Å². The second-order valence-corrected chi connectivity index (χ2v) is 5.95. The van der Waals surface area contributed by atoms with E-state index in [4.69, 9.17) is 0 Å². The van der Waals surface area contributed by atoms with Crippen molar-refractivity contribution in [3.63, 3.8) is 0 Å². The van der Waals surface area contributed by atoms with E-state index in [9.17, 15) is 4.79 Å². The fourth-order valence-corrected chi connectivity index (χ4v) is 2.90. The van der Waals surface area contributed by atoms with E-state index in [1.54, 1.807) is 10.9 Å². The SMILES string of the molecule is CC1CC(NC(=O)Cc2cnn(-c3ccccc3)c2)CCN1.Cl. The Bertz CT molecular complexity index is 629. The van der Waals surface area contributed by atoms with Gasteiger partial charge in [0.1, 0.15) is 0 Å². The van der Waals surface area contributed by atoms with Gasteiger partial charge in [-0.25, -0.2) is 4.68 Å². The predicted octanol–water partition coefficient (Wildman–Crippen LogP) is 2.09. The number of hydrogen-bond acceptors (Lipinski definition) is 3. The number of nitrogens with one attached hydrogen (secondary N) is 2. The lowest BCUT2D eigenvalue weighted by atomic mass is 10.0. The molecule has 2 unspecified atom stereocenters. The van der Waals surface area contributed by atoms with Gasteiger partial charge >= 0.3 is 0 Å². The third-order valence-corrected chi connectivity index (χ3v) is 4.01. The Hall–Kier alpha value is -1.85. The minimum Gasteiger partial charge on any atom is -0.353 e. The molecule has 2 heterocycles. The lowest BCUT2D eigenvalue weighted by molar-refractivity contribution is -0.121. The van der Waals surface area contributed by atoms with Crippen molar-refractivity contribution in [2.45, 2.75) is 38.3 Å². The fraction of sp³-hybridized carbons (Fsp3) is 0.412. The van der Waals surface area contributed by atoms with Crippen LogP contribution in [0.15, 0.2) is 42.7 Å². The molecule has 1 aromatic carbocycles. The standard InChI is InChI=1S/C17H22N4O.ClH/c1-13-9-15(7-8-18-13)20-17(22)10-14-11-19-21(12-14)16-5-3-2-4-6-16;/h2-6,11-13,15,18H,7-10H2,1H3,(H,20,22);1H. The first kappa shape index (κ1) is 17.5. The fourth-order valence-electron chi connectivity index (χ4n) is 2.90. The molecule has 5 nitrogen and oxygen atoms in total. The first-order valence-electron chi connectivity index (χ1n) is 7.82. The van der Waals surface area contributed by atoms with Gasteiger partial charge in [-0.15, -0.1) is 12.4 Å². The first-order chi connectivity index (χ1) is 10.7. The van der Waals surface area contributed by atoms with E-state index in [-0.39, 0.29) is 24.4 Å². The summed E-state index contributed by atoms with van der Waals surface area (Å²) in [5.74, 6) is 0.0757. The lowest BCUT2D eigenvalue weighted by Crippen LogP contribution is -2.46. The zero-order chi connectivity index (χ0) is 15.4. The molecule has 2 atom stereocenters. The van der Waals surface area contributed by atoms with Gasteiger partial charge in [0.05, 0.1) is 18.3 Å². The minimum atomic E-state index is 0. The molecular formula is C17H23ClN4O. The number of aromatic nitrogens is 2. The quantitative estimate of drug-likeness (QED) is 0.900. The molecule has 1 fully saturated rings. The van der Waals surface area contributed by atoms with Gasteiger partial charge in [-0.1, -0.05) is 18.2 Å². The number of carbonyl (C=O) groups excluding carboxylic acids is 1. The van der Waals surface area contributed by atoms with Gasteiger partial charge in [0.2, 0.25) is 5.91 Å². The zero-order valence-corrected chi connectivity index (χ0v) is 14.1. The summed E-state index contributed by atoms with van der Waals surface area (Å²) in [7, 11) is 0. The van der Waals surface area contributed by atoms with Crippen LogP contribution in [0.1, 0.15) is 25.3 Å². The third kappa shape index (κ3) is 4.81. The number of benzene rings is 1. The van der Waals surface area contributed by atoms with Crippen LogP contribution in [0.4, 0.5) is 0 Å². The number of para-hydroxylation sites is 1. The number of hydrogen-bond donors (Lipinski definition) is 2. The van der Waals surface area contributed by atoms with Crippen molar-refractivity contribution in [2.24, 2.45) is 0 Å². The van der Waals surface area contributed by atoms with Crippen LogP contribution in [0.25, 0.3) is 5.69 Å². The smallest absolute Gasteiger partial charge is 0.224 e. The number of halogens is 1. The van der Waals surface area contributed by atoms with Crippen molar-refractivity contribution in [3.8, 4) is 5.69 Å². The van der Waals surface area contributed by atoms with Crippen molar-refractivity contribution in [2.75, 3.05) is 6.54 Å². The van der Waals surface area contributed by atoms with E-state index in [2.05, 4.69) is 22.7 Å². The molecule has 3 rings (SSSR count). The molecule has 2 aromatic rings. The highest BCUT2D eigenvalue weighted by atomic mass is 35.5. The van der Waals surface area contributed by atoms with Crippen LogP contribution in [-0.2, 0) is 11.2 Å². The van der Waals surface area contributed by atoms with Gasteiger partial charge < -0.3 is 10.6 Å². The molecule has 124 valence electrons. The molecule has 23 heavy (non-hydrogen) atoms. The van der Waals surface area contributed by atoms with Crippen LogP contribution in [-0.4, -0.2) is 34.3 Å². The second-order valence-electron chi connectivity index (χ2n) is 5.95. The average molecular weight is 335 g/mol. The number of amides is 1. The Morgan fingerprint density at radius 3 is 2.91 bits per heavy atom. The summed E-state index contributed by atoms with van der Waals surface area (Å²) in [5, 5.41) is 10.8. The van der Waals surface area contributed by atoms with E-state index in [1.165, 1.54) is 0 Å². The van der Waals surface area contributed by atoms with Crippen LogP contribution in [0.5, 0.6) is 0 Å². The molecule has 0 spiro atoms. The van der Waals surface area contributed by atoms with E-state index in [1.807, 2.05) is 36.5 Å². The minimum absolute atomic E-state index is 0. The molecule has 1 amide bonds. The molecule has 1 aliphatic rings. The van der Waals surface area contributed by atoms with Gasteiger partial charge in [-0.2, -0.15) is 5.10 Å². The van der Waals surface area contributed by atoms with Crippen LogP contribution >= 0.6 is 12.4 Å². The first-order valence-corrected chi connectivity index (χ1v) is 7.82. The summed E-state index contributed by atoms with van der Waals surface area (Å²) in [5.41, 5.74) is 1.93. The highest BCUT2D eigenvalue weighted by molar-refractivity contribution is 5.85. The molecule has 0 aliphatic carbocycles. The summed E-state index contributed by atoms with van der Waals surface area (Å²) in [6.45, 7) is 3.13. The molecule has 0 saturated carbocycles. The Balaban J connectivity index is 0.00000192. The molecule has 0 radical (unpaired) electrons. The van der Waals surface area contributed by atoms with Crippen molar-refractivity contribution in [1.82, 2.24) is 20.4 Å². The molecular weight excluding hydrogens is 312 g/mol. The maximum atomic E-state index is 12.2. The molecule has 1 saturated heterocycles. The summed E-state index contributed by atoms with van der Waals surface area (Å²) in [6, 6.07) is 10.7.